The molecular weight excluding hydrogens is 287 g/mol. The zero-order valence-corrected chi connectivity index (χ0v) is 11.6. The first-order valence-electron chi connectivity index (χ1n) is 6.51. The van der Waals surface area contributed by atoms with Gasteiger partial charge in [-0.15, -0.1) is 0 Å². The van der Waals surface area contributed by atoms with Gasteiger partial charge < -0.3 is 15.5 Å². The molecule has 4 nitrogen and oxygen atoms in total. The lowest BCUT2D eigenvalue weighted by atomic mass is 9.82. The van der Waals surface area contributed by atoms with Crippen LogP contribution in [-0.2, 0) is 5.54 Å². The number of aliphatic hydroxyl groups excluding tert-OH is 1. The molecule has 1 aromatic carbocycles. The molecule has 118 valence electrons. The van der Waals surface area contributed by atoms with E-state index >= 15 is 0 Å². The van der Waals surface area contributed by atoms with E-state index in [0.717, 1.165) is 6.07 Å². The molecule has 0 fully saturated rings. The topological polar surface area (TPSA) is 69.6 Å². The summed E-state index contributed by atoms with van der Waals surface area (Å²) in [5.74, 6) is -4.01. The fraction of sp³-hybridized carbons (Fsp3) is 0.500. The van der Waals surface area contributed by atoms with Crippen LogP contribution >= 0.6 is 0 Å². The van der Waals surface area contributed by atoms with E-state index in [1.807, 2.05) is 0 Å². The molecule has 1 atom stereocenters. The maximum absolute atomic E-state index is 14.0. The van der Waals surface area contributed by atoms with Gasteiger partial charge in [-0.05, 0) is 18.9 Å². The highest BCUT2D eigenvalue weighted by Crippen LogP contribution is 2.35. The average Bonchev–Trinajstić information content (AvgIpc) is 2.44. The maximum Gasteiger partial charge on any atom is 0.405 e. The summed E-state index contributed by atoms with van der Waals surface area (Å²) in [6.07, 6.45) is -2.41. The average molecular weight is 305 g/mol. The summed E-state index contributed by atoms with van der Waals surface area (Å²) < 4.78 is 40.5. The number of hydrogen-bond acceptors (Lipinski definition) is 2. The summed E-state index contributed by atoms with van der Waals surface area (Å²) in [6.45, 7) is 0.247. The Hall–Kier alpha value is -1.76. The van der Waals surface area contributed by atoms with Gasteiger partial charge in [0.25, 0.3) is 5.92 Å². The van der Waals surface area contributed by atoms with Gasteiger partial charge in [0.2, 0.25) is 0 Å². The van der Waals surface area contributed by atoms with Crippen molar-refractivity contribution in [2.24, 2.45) is 0 Å². The maximum atomic E-state index is 14.0. The number of hydrogen-bond donors (Lipinski definition) is 3. The fourth-order valence-electron chi connectivity index (χ4n) is 2.25. The van der Waals surface area contributed by atoms with Gasteiger partial charge in [0.05, 0.1) is 5.54 Å². The lowest BCUT2D eigenvalue weighted by molar-refractivity contribution is -0.0627. The first-order valence-corrected chi connectivity index (χ1v) is 6.51. The summed E-state index contributed by atoms with van der Waals surface area (Å²) in [7, 11) is 0. The molecular formula is C14H18F3NO3. The van der Waals surface area contributed by atoms with Crippen LogP contribution in [0, 0.1) is 5.82 Å². The monoisotopic (exact) mass is 305 g/mol. The van der Waals surface area contributed by atoms with Crippen molar-refractivity contribution in [1.82, 2.24) is 5.32 Å². The summed E-state index contributed by atoms with van der Waals surface area (Å²) >= 11 is 0. The zero-order chi connectivity index (χ0) is 16.1. The summed E-state index contributed by atoms with van der Waals surface area (Å²) in [5.41, 5.74) is -1.45. The van der Waals surface area contributed by atoms with Crippen LogP contribution in [0.15, 0.2) is 24.3 Å². The van der Waals surface area contributed by atoms with E-state index in [0.29, 0.717) is 0 Å². The Balaban J connectivity index is 3.16. The number of rotatable bonds is 7. The number of carbonyl (C=O) groups is 1. The van der Waals surface area contributed by atoms with Crippen molar-refractivity contribution in [2.45, 2.75) is 37.6 Å². The van der Waals surface area contributed by atoms with Crippen molar-refractivity contribution in [3.8, 4) is 0 Å². The quantitative estimate of drug-likeness (QED) is 0.725. The summed E-state index contributed by atoms with van der Waals surface area (Å²) in [5, 5.41) is 19.7. The summed E-state index contributed by atoms with van der Waals surface area (Å²) in [4.78, 5) is 11.0. The lowest BCUT2D eigenvalue weighted by Crippen LogP contribution is -2.46. The molecule has 0 aromatic heterocycles. The van der Waals surface area contributed by atoms with E-state index in [4.69, 9.17) is 10.2 Å². The highest BCUT2D eigenvalue weighted by Gasteiger charge is 2.38. The van der Waals surface area contributed by atoms with Gasteiger partial charge in [-0.3, -0.25) is 0 Å². The van der Waals surface area contributed by atoms with E-state index < -0.39 is 36.4 Å². The SMILES string of the molecule is CC[C@@](CCC(F)(F)CO)(NC(=O)O)c1ccccc1F. The Labute approximate surface area is 120 Å². The second-order valence-corrected chi connectivity index (χ2v) is 4.86. The van der Waals surface area contributed by atoms with Crippen LogP contribution in [0.3, 0.4) is 0 Å². The van der Waals surface area contributed by atoms with Gasteiger partial charge in [0.1, 0.15) is 12.4 Å². The Morgan fingerprint density at radius 1 is 1.29 bits per heavy atom. The molecule has 0 unspecified atom stereocenters. The van der Waals surface area contributed by atoms with Crippen LogP contribution in [0.2, 0.25) is 0 Å². The van der Waals surface area contributed by atoms with Crippen LogP contribution in [0.25, 0.3) is 0 Å². The van der Waals surface area contributed by atoms with Crippen LogP contribution in [0.1, 0.15) is 31.7 Å². The third-order valence-corrected chi connectivity index (χ3v) is 3.49. The third kappa shape index (κ3) is 4.35. The molecule has 21 heavy (non-hydrogen) atoms. The minimum atomic E-state index is -3.34. The van der Waals surface area contributed by atoms with Crippen LogP contribution in [0.5, 0.6) is 0 Å². The molecule has 0 aliphatic carbocycles. The number of amides is 1. The van der Waals surface area contributed by atoms with Crippen molar-refractivity contribution in [3.63, 3.8) is 0 Å². The normalized spacial score (nSPS) is 14.5. The predicted octanol–water partition coefficient (Wildman–Crippen LogP) is 3.11. The third-order valence-electron chi connectivity index (χ3n) is 3.49. The Bertz CT molecular complexity index is 496. The molecule has 3 N–H and O–H groups in total. The van der Waals surface area contributed by atoms with E-state index in [1.165, 1.54) is 18.2 Å². The predicted molar refractivity (Wildman–Crippen MR) is 70.8 cm³/mol. The zero-order valence-electron chi connectivity index (χ0n) is 11.6. The first-order chi connectivity index (χ1) is 9.76. The number of nitrogens with one attached hydrogen (secondary N) is 1. The number of alkyl halides is 2. The molecule has 7 heteroatoms. The van der Waals surface area contributed by atoms with Crippen molar-refractivity contribution in [2.75, 3.05) is 6.61 Å². The second-order valence-electron chi connectivity index (χ2n) is 4.86. The van der Waals surface area contributed by atoms with E-state index in [1.54, 1.807) is 6.92 Å². The molecule has 1 aromatic rings. The molecule has 0 heterocycles. The highest BCUT2D eigenvalue weighted by atomic mass is 19.3. The van der Waals surface area contributed by atoms with Crippen molar-refractivity contribution >= 4 is 6.09 Å². The minimum Gasteiger partial charge on any atom is -0.465 e. The standard InChI is InChI=1S/C14H18F3NO3/c1-2-13(18-12(20)21,7-8-14(16,17)9-19)10-5-3-4-6-11(10)15/h3-6,18-19H,2,7-9H2,1H3,(H,20,21)/t13-/m0/s1. The molecule has 0 saturated carbocycles. The molecule has 0 aliphatic rings. The van der Waals surface area contributed by atoms with Crippen molar-refractivity contribution < 1.29 is 28.2 Å². The van der Waals surface area contributed by atoms with Gasteiger partial charge in [-0.25, -0.2) is 18.0 Å². The van der Waals surface area contributed by atoms with Gasteiger partial charge in [0.15, 0.2) is 0 Å². The van der Waals surface area contributed by atoms with Crippen molar-refractivity contribution in [3.05, 3.63) is 35.6 Å². The van der Waals surface area contributed by atoms with Crippen molar-refractivity contribution in [1.29, 1.82) is 0 Å². The number of aliphatic hydroxyl groups is 1. The Kier molecular flexibility index (Phi) is 5.60. The van der Waals surface area contributed by atoms with Gasteiger partial charge in [0, 0.05) is 12.0 Å². The smallest absolute Gasteiger partial charge is 0.405 e. The molecule has 1 rings (SSSR count). The fourth-order valence-corrected chi connectivity index (χ4v) is 2.25. The first kappa shape index (κ1) is 17.3. The number of halogens is 3. The van der Waals surface area contributed by atoms with Crippen LogP contribution in [-0.4, -0.2) is 28.8 Å². The van der Waals surface area contributed by atoms with Crippen LogP contribution in [0.4, 0.5) is 18.0 Å². The molecule has 0 aliphatic heterocycles. The van der Waals surface area contributed by atoms with E-state index in [-0.39, 0.29) is 18.4 Å². The Morgan fingerprint density at radius 3 is 2.38 bits per heavy atom. The molecule has 0 bridgehead atoms. The highest BCUT2D eigenvalue weighted by molar-refractivity contribution is 5.66. The molecule has 0 saturated heterocycles. The largest absolute Gasteiger partial charge is 0.465 e. The van der Waals surface area contributed by atoms with E-state index in [2.05, 4.69) is 5.32 Å². The number of benzene rings is 1. The minimum absolute atomic E-state index is 0.0173. The van der Waals surface area contributed by atoms with Gasteiger partial charge >= 0.3 is 6.09 Å². The van der Waals surface area contributed by atoms with Gasteiger partial charge in [-0.2, -0.15) is 0 Å². The van der Waals surface area contributed by atoms with Gasteiger partial charge in [-0.1, -0.05) is 25.1 Å². The summed E-state index contributed by atoms with van der Waals surface area (Å²) in [6, 6.07) is 5.46. The Morgan fingerprint density at radius 2 is 1.90 bits per heavy atom. The lowest BCUT2D eigenvalue weighted by Gasteiger charge is -2.34. The molecule has 0 radical (unpaired) electrons. The molecule has 0 spiro atoms. The number of carboxylic acid groups (broad SMARTS) is 1. The molecule has 1 amide bonds. The van der Waals surface area contributed by atoms with Crippen LogP contribution < -0.4 is 5.32 Å². The second kappa shape index (κ2) is 6.80. The van der Waals surface area contributed by atoms with E-state index in [9.17, 15) is 18.0 Å².